The molecule has 17 heteroatoms. The third kappa shape index (κ3) is 7.22. The Morgan fingerprint density at radius 1 is 1.09 bits per heavy atom. The van der Waals surface area contributed by atoms with E-state index in [1.807, 2.05) is 0 Å². The van der Waals surface area contributed by atoms with Gasteiger partial charge in [-0.2, -0.15) is 35.1 Å². The average Bonchev–Trinajstić information content (AvgIpc) is 3.73. The minimum absolute atomic E-state index is 0.0136. The van der Waals surface area contributed by atoms with Crippen molar-refractivity contribution in [3.8, 4) is 0 Å². The summed E-state index contributed by atoms with van der Waals surface area (Å²) in [7, 11) is 1.33. The van der Waals surface area contributed by atoms with Crippen molar-refractivity contribution < 1.29 is 44.7 Å². The maximum Gasteiger partial charge on any atom is 0.416 e. The van der Waals surface area contributed by atoms with Gasteiger partial charge in [-0.25, -0.2) is 9.78 Å². The summed E-state index contributed by atoms with van der Waals surface area (Å²) in [6.45, 7) is 2.57. The van der Waals surface area contributed by atoms with Gasteiger partial charge in [-0.15, -0.1) is 5.10 Å². The molecule has 0 saturated heterocycles. The third-order valence-corrected chi connectivity index (χ3v) is 7.41. The molecule has 0 spiro atoms. The average molecular weight is 641 g/mol. The Balaban J connectivity index is 1.89. The first-order chi connectivity index (χ1) is 19.8. The van der Waals surface area contributed by atoms with E-state index in [0.29, 0.717) is 25.0 Å². The number of carbonyl (C=O) groups is 1. The van der Waals surface area contributed by atoms with Crippen LogP contribution in [0, 0.1) is 5.92 Å². The molecule has 1 aliphatic heterocycles. The van der Waals surface area contributed by atoms with Crippen molar-refractivity contribution in [2.24, 2.45) is 22.6 Å². The van der Waals surface area contributed by atoms with Crippen LogP contribution >= 0.6 is 9.24 Å². The van der Waals surface area contributed by atoms with Crippen molar-refractivity contribution in [2.75, 3.05) is 4.90 Å². The van der Waals surface area contributed by atoms with Gasteiger partial charge in [0.25, 0.3) is 5.66 Å². The standard InChI is InChI=1S/C26H29F8N6O2P/c1-12(2)42-23(41)40-17-5-6-20(26(33,34)43)37-21(17)19(10-18(40)14-3-4-14)39(22(35)38-36)11-13-7-15(24(27,28)29)9-16(8-13)25(30,31)32/h5-9,12,14,18-19H,3-4,10-11,36,43H2,1-2H3,(H2,35,38). The van der Waals surface area contributed by atoms with Crippen LogP contribution in [0.2, 0.25) is 0 Å². The predicted octanol–water partition coefficient (Wildman–Crippen LogP) is 6.31. The number of pyridine rings is 1. The number of hydrogen-bond donors (Lipinski definition) is 2. The second-order valence-corrected chi connectivity index (χ2v) is 11.4. The summed E-state index contributed by atoms with van der Waals surface area (Å²) < 4.78 is 116. The van der Waals surface area contributed by atoms with Gasteiger partial charge in [0.2, 0.25) is 5.96 Å². The number of nitrogens with zero attached hydrogens (tertiary/aromatic N) is 4. The maximum absolute atomic E-state index is 14.4. The second kappa shape index (κ2) is 11.6. The zero-order valence-corrected chi connectivity index (χ0v) is 24.0. The molecule has 236 valence electrons. The molecule has 8 nitrogen and oxygen atoms in total. The molecule has 0 radical (unpaired) electrons. The first kappa shape index (κ1) is 32.5. The molecule has 1 saturated carbocycles. The third-order valence-electron chi connectivity index (χ3n) is 7.12. The van der Waals surface area contributed by atoms with Crippen LogP contribution in [0.25, 0.3) is 0 Å². The molecule has 4 N–H and O–H groups in total. The van der Waals surface area contributed by atoms with Gasteiger partial charge >= 0.3 is 18.4 Å². The van der Waals surface area contributed by atoms with E-state index in [1.54, 1.807) is 13.8 Å². The molecule has 0 bridgehead atoms. The number of nitrogens with two attached hydrogens (primary N) is 2. The summed E-state index contributed by atoms with van der Waals surface area (Å²) in [6.07, 6.45) is -10.1. The van der Waals surface area contributed by atoms with Crippen LogP contribution in [0.3, 0.4) is 0 Å². The lowest BCUT2D eigenvalue weighted by atomic mass is 9.90. The zero-order valence-electron chi connectivity index (χ0n) is 22.9. The number of anilines is 1. The van der Waals surface area contributed by atoms with Crippen LogP contribution in [0.1, 0.15) is 67.2 Å². The van der Waals surface area contributed by atoms with Gasteiger partial charge in [0.15, 0.2) is 0 Å². The highest BCUT2D eigenvalue weighted by molar-refractivity contribution is 7.17. The molecule has 1 fully saturated rings. The number of alkyl halides is 8. The molecule has 2 aromatic rings. The highest BCUT2D eigenvalue weighted by Crippen LogP contribution is 2.49. The fourth-order valence-corrected chi connectivity index (χ4v) is 5.27. The number of amides is 1. The molecule has 1 aromatic heterocycles. The fourth-order valence-electron chi connectivity index (χ4n) is 5.11. The van der Waals surface area contributed by atoms with Crippen LogP contribution < -0.4 is 16.5 Å². The summed E-state index contributed by atoms with van der Waals surface area (Å²) in [6, 6.07) is 1.59. The smallest absolute Gasteiger partial charge is 0.416 e. The number of hydrazone groups is 1. The Morgan fingerprint density at radius 2 is 1.67 bits per heavy atom. The van der Waals surface area contributed by atoms with E-state index < -0.39 is 77.2 Å². The van der Waals surface area contributed by atoms with E-state index >= 15 is 0 Å². The maximum atomic E-state index is 14.4. The molecule has 3 atom stereocenters. The van der Waals surface area contributed by atoms with Crippen molar-refractivity contribution in [3.05, 3.63) is 58.4 Å². The van der Waals surface area contributed by atoms with Crippen LogP contribution in [0.4, 0.5) is 45.6 Å². The summed E-state index contributed by atoms with van der Waals surface area (Å²) in [5.41, 5.74) is -1.80. The number of halogens is 8. The molecule has 4 rings (SSSR count). The quantitative estimate of drug-likeness (QED) is 0.0957. The second-order valence-electron chi connectivity index (χ2n) is 10.7. The number of carbonyl (C=O) groups excluding carboxylic acids is 1. The van der Waals surface area contributed by atoms with E-state index in [0.717, 1.165) is 11.0 Å². The minimum Gasteiger partial charge on any atom is -0.446 e. The summed E-state index contributed by atoms with van der Waals surface area (Å²) in [5, 5.41) is 3.42. The highest BCUT2D eigenvalue weighted by Gasteiger charge is 2.48. The molecule has 1 aliphatic carbocycles. The molecule has 3 unspecified atom stereocenters. The van der Waals surface area contributed by atoms with Crippen molar-refractivity contribution in [1.29, 1.82) is 0 Å². The predicted molar refractivity (Wildman–Crippen MR) is 144 cm³/mol. The molecule has 1 amide bonds. The Hall–Kier alpha value is -3.42. The number of rotatable bonds is 6. The number of guanidine groups is 1. The van der Waals surface area contributed by atoms with Gasteiger partial charge in [0.1, 0.15) is 5.69 Å². The van der Waals surface area contributed by atoms with Crippen molar-refractivity contribution in [1.82, 2.24) is 9.88 Å². The molecule has 2 aliphatic rings. The van der Waals surface area contributed by atoms with Gasteiger partial charge in [-0.3, -0.25) is 4.90 Å². The number of hydrogen-bond acceptors (Lipinski definition) is 5. The van der Waals surface area contributed by atoms with Gasteiger partial charge in [-0.05, 0) is 74.9 Å². The summed E-state index contributed by atoms with van der Waals surface area (Å²) >= 11 is 0. The van der Waals surface area contributed by atoms with Crippen LogP contribution in [-0.2, 0) is 29.3 Å². The molecule has 1 aromatic carbocycles. The van der Waals surface area contributed by atoms with Gasteiger partial charge in [0.05, 0.1) is 34.7 Å². The van der Waals surface area contributed by atoms with E-state index in [9.17, 15) is 39.9 Å². The topological polar surface area (TPSA) is 110 Å². The fraction of sp³-hybridized carbons (Fsp3) is 0.500. The molecule has 43 heavy (non-hydrogen) atoms. The first-order valence-corrected chi connectivity index (χ1v) is 13.6. The lowest BCUT2D eigenvalue weighted by Gasteiger charge is -2.44. The number of fused-ring (bicyclic) bond motifs is 1. The van der Waals surface area contributed by atoms with E-state index in [-0.39, 0.29) is 29.8 Å². The van der Waals surface area contributed by atoms with E-state index in [1.165, 1.54) is 20.2 Å². The SMILES string of the molecule is CC(C)OC(=O)N1c2ccc(C(F)(F)P)nc2C(N(Cc2cc(C(F)(F)F)cc(C(F)(F)F)c2)/C(N)=N/N)CC1C1CC1. The Morgan fingerprint density at radius 3 is 2.14 bits per heavy atom. The first-order valence-electron chi connectivity index (χ1n) is 13.1. The summed E-state index contributed by atoms with van der Waals surface area (Å²) in [4.78, 5) is 19.8. The zero-order chi connectivity index (χ0) is 32.1. The van der Waals surface area contributed by atoms with Crippen LogP contribution in [0.15, 0.2) is 35.4 Å². The van der Waals surface area contributed by atoms with Gasteiger partial charge < -0.3 is 21.2 Å². The monoisotopic (exact) mass is 640 g/mol. The Labute approximate surface area is 243 Å². The lowest BCUT2D eigenvalue weighted by molar-refractivity contribution is -0.143. The largest absolute Gasteiger partial charge is 0.446 e. The van der Waals surface area contributed by atoms with Crippen molar-refractivity contribution in [2.45, 2.75) is 75.9 Å². The lowest BCUT2D eigenvalue weighted by Crippen LogP contribution is -2.51. The Kier molecular flexibility index (Phi) is 8.75. The van der Waals surface area contributed by atoms with E-state index in [2.05, 4.69) is 10.1 Å². The minimum atomic E-state index is -5.11. The van der Waals surface area contributed by atoms with Crippen molar-refractivity contribution in [3.63, 3.8) is 0 Å². The van der Waals surface area contributed by atoms with Crippen LogP contribution in [0.5, 0.6) is 0 Å². The molecular formula is C26H29F8N6O2P. The normalized spacial score (nSPS) is 19.8. The molecule has 2 heterocycles. The number of ether oxygens (including phenoxy) is 1. The van der Waals surface area contributed by atoms with Crippen LogP contribution in [-0.4, -0.2) is 34.1 Å². The van der Waals surface area contributed by atoms with E-state index in [4.69, 9.17) is 16.3 Å². The van der Waals surface area contributed by atoms with Crippen molar-refractivity contribution >= 4 is 27.0 Å². The summed E-state index contributed by atoms with van der Waals surface area (Å²) in [5.74, 6) is 4.87. The Bertz CT molecular complexity index is 1360. The number of aromatic nitrogens is 1. The molecular weight excluding hydrogens is 611 g/mol. The highest BCUT2D eigenvalue weighted by atomic mass is 31.0. The van der Waals surface area contributed by atoms with Gasteiger partial charge in [-0.1, -0.05) is 9.24 Å². The number of benzene rings is 1. The van der Waals surface area contributed by atoms with Gasteiger partial charge in [0, 0.05) is 12.6 Å².